The topological polar surface area (TPSA) is 17.1 Å². The van der Waals surface area contributed by atoms with Crippen molar-refractivity contribution in [3.05, 3.63) is 71.3 Å². The van der Waals surface area contributed by atoms with Crippen LogP contribution in [0.3, 0.4) is 0 Å². The van der Waals surface area contributed by atoms with Gasteiger partial charge in [-0.15, -0.1) is 0 Å². The number of aldehydes is 1. The maximum Gasteiger partial charge on any atom is 0.150 e. The van der Waals surface area contributed by atoms with Gasteiger partial charge in [-0.1, -0.05) is 74.0 Å². The van der Waals surface area contributed by atoms with E-state index in [9.17, 15) is 4.79 Å². The molecule has 0 aliphatic heterocycles. The lowest BCUT2D eigenvalue weighted by atomic mass is 10.0. The highest BCUT2D eigenvalue weighted by Gasteiger charge is 1.95. The molecule has 0 saturated heterocycles. The SMILES string of the molecule is Cc1ccc(C(C)C)cc1.O=Cc1ccccc1. The lowest BCUT2D eigenvalue weighted by molar-refractivity contribution is 0.112. The molecule has 1 heteroatoms. The summed E-state index contributed by atoms with van der Waals surface area (Å²) in [6.45, 7) is 6.54. The quantitative estimate of drug-likeness (QED) is 0.700. The van der Waals surface area contributed by atoms with Crippen molar-refractivity contribution in [3.8, 4) is 0 Å². The summed E-state index contributed by atoms with van der Waals surface area (Å²) in [5, 5.41) is 0. The van der Waals surface area contributed by atoms with E-state index in [0.29, 0.717) is 5.92 Å². The summed E-state index contributed by atoms with van der Waals surface area (Å²) < 4.78 is 0. The Balaban J connectivity index is 0.000000184. The minimum absolute atomic E-state index is 0.653. The van der Waals surface area contributed by atoms with E-state index in [1.54, 1.807) is 12.1 Å². The molecule has 0 saturated carbocycles. The fourth-order valence-corrected chi connectivity index (χ4v) is 1.48. The van der Waals surface area contributed by atoms with Crippen molar-refractivity contribution in [2.24, 2.45) is 0 Å². The number of hydrogen-bond acceptors (Lipinski definition) is 1. The third-order valence-corrected chi connectivity index (χ3v) is 2.68. The van der Waals surface area contributed by atoms with Gasteiger partial charge in [-0.2, -0.15) is 0 Å². The summed E-state index contributed by atoms with van der Waals surface area (Å²) in [4.78, 5) is 10.0. The fraction of sp³-hybridized carbons (Fsp3) is 0.235. The van der Waals surface area contributed by atoms with Gasteiger partial charge in [0.05, 0.1) is 0 Å². The van der Waals surface area contributed by atoms with Gasteiger partial charge in [0.15, 0.2) is 0 Å². The van der Waals surface area contributed by atoms with Gasteiger partial charge in [-0.05, 0) is 18.4 Å². The number of hydrogen-bond donors (Lipinski definition) is 0. The first-order chi connectivity index (χ1) is 8.63. The van der Waals surface area contributed by atoms with Crippen LogP contribution in [0.1, 0.15) is 41.3 Å². The average molecular weight is 240 g/mol. The van der Waals surface area contributed by atoms with Crippen LogP contribution in [0, 0.1) is 6.92 Å². The Hall–Kier alpha value is -1.89. The van der Waals surface area contributed by atoms with Crippen LogP contribution < -0.4 is 0 Å². The summed E-state index contributed by atoms with van der Waals surface area (Å²) in [6.07, 6.45) is 0.833. The van der Waals surface area contributed by atoms with Gasteiger partial charge in [-0.25, -0.2) is 0 Å². The Bertz CT molecular complexity index is 455. The normalized spacial score (nSPS) is 9.56. The maximum atomic E-state index is 10.0. The van der Waals surface area contributed by atoms with E-state index in [4.69, 9.17) is 0 Å². The van der Waals surface area contributed by atoms with Crippen LogP contribution in [0.25, 0.3) is 0 Å². The Labute approximate surface area is 109 Å². The Morgan fingerprint density at radius 3 is 1.83 bits per heavy atom. The molecule has 2 aromatic rings. The van der Waals surface area contributed by atoms with Crippen LogP contribution in [0.4, 0.5) is 0 Å². The van der Waals surface area contributed by atoms with Crippen LogP contribution in [-0.4, -0.2) is 6.29 Å². The second-order valence-corrected chi connectivity index (χ2v) is 4.59. The minimum atomic E-state index is 0.653. The van der Waals surface area contributed by atoms with Crippen LogP contribution in [0.2, 0.25) is 0 Å². The molecule has 1 nitrogen and oxygen atoms in total. The van der Waals surface area contributed by atoms with Crippen molar-refractivity contribution >= 4 is 6.29 Å². The second-order valence-electron chi connectivity index (χ2n) is 4.59. The molecule has 0 aliphatic rings. The number of benzene rings is 2. The van der Waals surface area contributed by atoms with Crippen molar-refractivity contribution in [1.82, 2.24) is 0 Å². The second kappa shape index (κ2) is 7.44. The highest BCUT2D eigenvalue weighted by molar-refractivity contribution is 5.74. The number of aryl methyl sites for hydroxylation is 1. The van der Waals surface area contributed by atoms with Crippen LogP contribution in [0.15, 0.2) is 54.6 Å². The molecular formula is C17H20O. The summed E-state index contributed by atoms with van der Waals surface area (Å²) in [5.74, 6) is 0.653. The smallest absolute Gasteiger partial charge is 0.150 e. The molecule has 0 N–H and O–H groups in total. The molecule has 94 valence electrons. The summed E-state index contributed by atoms with van der Waals surface area (Å²) >= 11 is 0. The van der Waals surface area contributed by atoms with Crippen molar-refractivity contribution in [1.29, 1.82) is 0 Å². The maximum absolute atomic E-state index is 10.0. The largest absolute Gasteiger partial charge is 0.298 e. The molecule has 0 heterocycles. The lowest BCUT2D eigenvalue weighted by Gasteiger charge is -2.03. The fourth-order valence-electron chi connectivity index (χ4n) is 1.48. The monoisotopic (exact) mass is 240 g/mol. The molecule has 0 spiro atoms. The Kier molecular flexibility index (Phi) is 5.86. The summed E-state index contributed by atoms with van der Waals surface area (Å²) in [7, 11) is 0. The average Bonchev–Trinajstić information content (AvgIpc) is 2.41. The molecule has 0 radical (unpaired) electrons. The molecule has 0 atom stereocenters. The number of carbonyl (C=O) groups is 1. The van der Waals surface area contributed by atoms with Gasteiger partial charge in [0, 0.05) is 5.56 Å². The third-order valence-electron chi connectivity index (χ3n) is 2.68. The van der Waals surface area contributed by atoms with Gasteiger partial charge in [0.2, 0.25) is 0 Å². The molecule has 0 aromatic heterocycles. The molecule has 0 amide bonds. The first-order valence-corrected chi connectivity index (χ1v) is 6.20. The van der Waals surface area contributed by atoms with Gasteiger partial charge in [0.1, 0.15) is 6.29 Å². The van der Waals surface area contributed by atoms with Crippen molar-refractivity contribution in [2.45, 2.75) is 26.7 Å². The van der Waals surface area contributed by atoms with Crippen molar-refractivity contribution in [2.75, 3.05) is 0 Å². The summed E-state index contributed by atoms with van der Waals surface area (Å²) in [6, 6.07) is 17.8. The zero-order valence-corrected chi connectivity index (χ0v) is 11.3. The van der Waals surface area contributed by atoms with Crippen LogP contribution in [0.5, 0.6) is 0 Å². The first-order valence-electron chi connectivity index (χ1n) is 6.20. The molecular weight excluding hydrogens is 220 g/mol. The zero-order valence-electron chi connectivity index (χ0n) is 11.3. The highest BCUT2D eigenvalue weighted by Crippen LogP contribution is 2.13. The van der Waals surface area contributed by atoms with Gasteiger partial charge >= 0.3 is 0 Å². The predicted molar refractivity (Wildman–Crippen MR) is 77.1 cm³/mol. The van der Waals surface area contributed by atoms with Crippen molar-refractivity contribution in [3.63, 3.8) is 0 Å². The van der Waals surface area contributed by atoms with E-state index in [1.807, 2.05) is 18.2 Å². The predicted octanol–water partition coefficient (Wildman–Crippen LogP) is 4.62. The van der Waals surface area contributed by atoms with Crippen molar-refractivity contribution < 1.29 is 4.79 Å². The lowest BCUT2D eigenvalue weighted by Crippen LogP contribution is -1.85. The number of rotatable bonds is 2. The highest BCUT2D eigenvalue weighted by atomic mass is 16.1. The molecule has 0 fully saturated rings. The standard InChI is InChI=1S/C10H14.C7H6O/c1-8(2)10-6-4-9(3)5-7-10;8-6-7-4-2-1-3-5-7/h4-8H,1-3H3;1-6H. The van der Waals surface area contributed by atoms with E-state index in [2.05, 4.69) is 45.0 Å². The van der Waals surface area contributed by atoms with E-state index in [0.717, 1.165) is 11.8 Å². The van der Waals surface area contributed by atoms with Crippen LogP contribution in [-0.2, 0) is 0 Å². The van der Waals surface area contributed by atoms with Crippen LogP contribution >= 0.6 is 0 Å². The summed E-state index contributed by atoms with van der Waals surface area (Å²) in [5.41, 5.74) is 3.49. The van der Waals surface area contributed by atoms with Gasteiger partial charge in [-0.3, -0.25) is 4.79 Å². The number of carbonyl (C=O) groups excluding carboxylic acids is 1. The minimum Gasteiger partial charge on any atom is -0.298 e. The van der Waals surface area contributed by atoms with Gasteiger partial charge in [0.25, 0.3) is 0 Å². The van der Waals surface area contributed by atoms with Gasteiger partial charge < -0.3 is 0 Å². The van der Waals surface area contributed by atoms with E-state index >= 15 is 0 Å². The Morgan fingerprint density at radius 2 is 1.44 bits per heavy atom. The van der Waals surface area contributed by atoms with E-state index < -0.39 is 0 Å². The zero-order chi connectivity index (χ0) is 13.4. The molecule has 2 aromatic carbocycles. The molecule has 0 unspecified atom stereocenters. The van der Waals surface area contributed by atoms with E-state index in [1.165, 1.54) is 11.1 Å². The molecule has 0 aliphatic carbocycles. The third kappa shape index (κ3) is 4.96. The molecule has 2 rings (SSSR count). The molecule has 0 bridgehead atoms. The Morgan fingerprint density at radius 1 is 0.889 bits per heavy atom. The van der Waals surface area contributed by atoms with E-state index in [-0.39, 0.29) is 0 Å². The molecule has 18 heavy (non-hydrogen) atoms. The first kappa shape index (κ1) is 14.2.